The summed E-state index contributed by atoms with van der Waals surface area (Å²) in [6.45, 7) is 2.10. The van der Waals surface area contributed by atoms with Crippen molar-refractivity contribution in [1.82, 2.24) is 10.2 Å². The van der Waals surface area contributed by atoms with Crippen LogP contribution in [0.5, 0.6) is 0 Å². The van der Waals surface area contributed by atoms with Crippen molar-refractivity contribution in [3.8, 4) is 0 Å². The number of hydrogen-bond donors (Lipinski definition) is 1. The number of anilines is 1. The number of rotatable bonds is 4. The second-order valence-corrected chi connectivity index (χ2v) is 9.75. The molecule has 3 amide bonds. The lowest BCUT2D eigenvalue weighted by molar-refractivity contribution is -0.122. The van der Waals surface area contributed by atoms with Gasteiger partial charge >= 0.3 is 0 Å². The van der Waals surface area contributed by atoms with Crippen molar-refractivity contribution in [1.29, 1.82) is 0 Å². The molecule has 2 atom stereocenters. The highest BCUT2D eigenvalue weighted by atomic mass is 32.2. The first kappa shape index (κ1) is 21.0. The first-order valence-electron chi connectivity index (χ1n) is 10.8. The SMILES string of the molecule is C[C@@]12CCC(=O)N1c1ccccc1C(=O)N2CCC(=O)N[C@H]1CCSc2ccc(F)cc21. The summed E-state index contributed by atoms with van der Waals surface area (Å²) in [6, 6.07) is 11.6. The second kappa shape index (κ2) is 7.92. The number of amides is 3. The van der Waals surface area contributed by atoms with Crippen LogP contribution in [0, 0.1) is 5.82 Å². The van der Waals surface area contributed by atoms with E-state index in [1.807, 2.05) is 13.0 Å². The van der Waals surface area contributed by atoms with Crippen molar-refractivity contribution in [2.45, 2.75) is 49.2 Å². The molecule has 0 unspecified atom stereocenters. The zero-order chi connectivity index (χ0) is 22.5. The minimum atomic E-state index is -0.778. The maximum atomic E-state index is 13.8. The zero-order valence-corrected chi connectivity index (χ0v) is 18.6. The van der Waals surface area contributed by atoms with Crippen LogP contribution < -0.4 is 10.2 Å². The molecule has 8 heteroatoms. The Hall–Kier alpha value is -2.87. The summed E-state index contributed by atoms with van der Waals surface area (Å²) in [4.78, 5) is 43.1. The first-order valence-corrected chi connectivity index (χ1v) is 11.8. The minimum Gasteiger partial charge on any atom is -0.349 e. The molecule has 5 rings (SSSR count). The van der Waals surface area contributed by atoms with E-state index in [0.29, 0.717) is 24.1 Å². The molecular formula is C24H24FN3O3S. The molecule has 0 spiro atoms. The largest absolute Gasteiger partial charge is 0.349 e. The summed E-state index contributed by atoms with van der Waals surface area (Å²) in [7, 11) is 0. The van der Waals surface area contributed by atoms with Gasteiger partial charge in [0.2, 0.25) is 11.8 Å². The van der Waals surface area contributed by atoms with E-state index in [2.05, 4.69) is 5.32 Å². The number of benzene rings is 2. The molecule has 3 aliphatic rings. The van der Waals surface area contributed by atoms with Gasteiger partial charge in [0.15, 0.2) is 0 Å². The minimum absolute atomic E-state index is 0.0137. The fourth-order valence-corrected chi connectivity index (χ4v) is 6.14. The van der Waals surface area contributed by atoms with Crippen LogP contribution in [0.3, 0.4) is 0 Å². The van der Waals surface area contributed by atoms with E-state index < -0.39 is 5.66 Å². The maximum Gasteiger partial charge on any atom is 0.257 e. The Bertz CT molecular complexity index is 1120. The molecule has 1 N–H and O–H groups in total. The third-order valence-electron chi connectivity index (χ3n) is 6.65. The molecule has 3 heterocycles. The van der Waals surface area contributed by atoms with Crippen molar-refractivity contribution < 1.29 is 18.8 Å². The van der Waals surface area contributed by atoms with Crippen LogP contribution in [-0.4, -0.2) is 40.6 Å². The third kappa shape index (κ3) is 3.37. The molecule has 1 fully saturated rings. The lowest BCUT2D eigenvalue weighted by Gasteiger charge is -2.48. The van der Waals surface area contributed by atoms with Crippen molar-refractivity contribution in [2.75, 3.05) is 17.2 Å². The van der Waals surface area contributed by atoms with Gasteiger partial charge < -0.3 is 10.2 Å². The normalized spacial score (nSPS) is 24.1. The molecule has 166 valence electrons. The molecule has 0 aromatic heterocycles. The number of fused-ring (bicyclic) bond motifs is 4. The molecule has 0 saturated carbocycles. The molecule has 0 radical (unpaired) electrons. The van der Waals surface area contributed by atoms with Crippen LogP contribution >= 0.6 is 11.8 Å². The lowest BCUT2D eigenvalue weighted by Crippen LogP contribution is -2.62. The molecule has 0 aliphatic carbocycles. The van der Waals surface area contributed by atoms with E-state index in [1.54, 1.807) is 45.8 Å². The van der Waals surface area contributed by atoms with Crippen LogP contribution in [0.25, 0.3) is 0 Å². The number of thioether (sulfide) groups is 1. The van der Waals surface area contributed by atoms with Gasteiger partial charge in [-0.25, -0.2) is 4.39 Å². The van der Waals surface area contributed by atoms with Crippen molar-refractivity contribution in [2.24, 2.45) is 0 Å². The molecule has 32 heavy (non-hydrogen) atoms. The predicted octanol–water partition coefficient (Wildman–Crippen LogP) is 3.87. The summed E-state index contributed by atoms with van der Waals surface area (Å²) in [6.07, 6.45) is 1.73. The number of nitrogens with one attached hydrogen (secondary N) is 1. The molecule has 2 aromatic carbocycles. The van der Waals surface area contributed by atoms with Gasteiger partial charge in [-0.05, 0) is 55.7 Å². The molecule has 3 aliphatic heterocycles. The number of nitrogens with zero attached hydrogens (tertiary/aromatic N) is 2. The summed E-state index contributed by atoms with van der Waals surface area (Å²) in [5.41, 5.74) is 1.15. The Balaban J connectivity index is 1.33. The van der Waals surface area contributed by atoms with Gasteiger partial charge in [-0.15, -0.1) is 11.8 Å². The number of para-hydroxylation sites is 1. The van der Waals surface area contributed by atoms with Gasteiger partial charge in [-0.3, -0.25) is 19.3 Å². The third-order valence-corrected chi connectivity index (χ3v) is 7.78. The first-order chi connectivity index (χ1) is 15.4. The summed E-state index contributed by atoms with van der Waals surface area (Å²) >= 11 is 1.66. The van der Waals surface area contributed by atoms with E-state index in [1.165, 1.54) is 12.1 Å². The van der Waals surface area contributed by atoms with Gasteiger partial charge in [-0.2, -0.15) is 0 Å². The molecule has 0 bridgehead atoms. The average Bonchev–Trinajstić information content (AvgIpc) is 3.09. The highest BCUT2D eigenvalue weighted by molar-refractivity contribution is 7.99. The fraction of sp³-hybridized carbons (Fsp3) is 0.375. The van der Waals surface area contributed by atoms with Crippen molar-refractivity contribution in [3.05, 3.63) is 59.4 Å². The number of hydrogen-bond acceptors (Lipinski definition) is 4. The Morgan fingerprint density at radius 1 is 1.25 bits per heavy atom. The maximum absolute atomic E-state index is 13.8. The second-order valence-electron chi connectivity index (χ2n) is 8.61. The van der Waals surface area contributed by atoms with Crippen LogP contribution in [0.15, 0.2) is 47.4 Å². The fourth-order valence-electron chi connectivity index (χ4n) is 5.04. The molecular weight excluding hydrogens is 429 g/mol. The smallest absolute Gasteiger partial charge is 0.257 e. The van der Waals surface area contributed by atoms with E-state index >= 15 is 0 Å². The van der Waals surface area contributed by atoms with Crippen LogP contribution in [0.2, 0.25) is 0 Å². The lowest BCUT2D eigenvalue weighted by atomic mass is 9.98. The van der Waals surface area contributed by atoms with Gasteiger partial charge in [-0.1, -0.05) is 12.1 Å². The number of carbonyl (C=O) groups is 3. The monoisotopic (exact) mass is 453 g/mol. The molecule has 6 nitrogen and oxygen atoms in total. The summed E-state index contributed by atoms with van der Waals surface area (Å²) < 4.78 is 13.8. The molecule has 1 saturated heterocycles. The average molecular weight is 454 g/mol. The van der Waals surface area contributed by atoms with Gasteiger partial charge in [0.25, 0.3) is 5.91 Å². The van der Waals surface area contributed by atoms with E-state index in [-0.39, 0.29) is 42.5 Å². The van der Waals surface area contributed by atoms with Crippen LogP contribution in [-0.2, 0) is 9.59 Å². The Kier molecular flexibility index (Phi) is 5.20. The van der Waals surface area contributed by atoms with E-state index in [9.17, 15) is 18.8 Å². The van der Waals surface area contributed by atoms with Crippen LogP contribution in [0.1, 0.15) is 54.6 Å². The van der Waals surface area contributed by atoms with Crippen molar-refractivity contribution in [3.63, 3.8) is 0 Å². The zero-order valence-electron chi connectivity index (χ0n) is 17.8. The predicted molar refractivity (Wildman–Crippen MR) is 120 cm³/mol. The highest BCUT2D eigenvalue weighted by Crippen LogP contribution is 2.44. The number of halogens is 1. The summed E-state index contributed by atoms with van der Waals surface area (Å²) in [5.74, 6) is 0.161. The topological polar surface area (TPSA) is 69.7 Å². The standard InChI is InChI=1S/C24H24FN3O3S/c1-24-11-8-22(30)28(24)19-5-3-2-4-16(19)23(31)27(24)12-9-21(29)26-18-10-13-32-20-7-6-15(25)14-17(18)20/h2-7,14,18H,8-13H2,1H3,(H,26,29)/t18-,24-/m0/s1. The van der Waals surface area contributed by atoms with Crippen molar-refractivity contribution >= 4 is 35.2 Å². The quantitative estimate of drug-likeness (QED) is 0.763. The van der Waals surface area contributed by atoms with Gasteiger partial charge in [0.05, 0.1) is 17.3 Å². The van der Waals surface area contributed by atoms with Gasteiger partial charge in [0, 0.05) is 30.0 Å². The Labute approximate surface area is 190 Å². The Morgan fingerprint density at radius 2 is 2.06 bits per heavy atom. The van der Waals surface area contributed by atoms with E-state index in [0.717, 1.165) is 22.6 Å². The van der Waals surface area contributed by atoms with Gasteiger partial charge in [0.1, 0.15) is 11.5 Å². The Morgan fingerprint density at radius 3 is 2.91 bits per heavy atom. The van der Waals surface area contributed by atoms with E-state index in [4.69, 9.17) is 0 Å². The molecule has 2 aromatic rings. The highest BCUT2D eigenvalue weighted by Gasteiger charge is 2.52. The summed E-state index contributed by atoms with van der Waals surface area (Å²) in [5, 5.41) is 3.02. The van der Waals surface area contributed by atoms with Crippen LogP contribution in [0.4, 0.5) is 10.1 Å². The number of carbonyl (C=O) groups excluding carboxylic acids is 3.